The molecule has 0 radical (unpaired) electrons. The highest BCUT2D eigenvalue weighted by Gasteiger charge is 2.20. The van der Waals surface area contributed by atoms with Crippen molar-refractivity contribution >= 4 is 16.9 Å². The molecule has 146 valence electrons. The summed E-state index contributed by atoms with van der Waals surface area (Å²) in [7, 11) is 3.29. The topological polar surface area (TPSA) is 75.5 Å². The first-order chi connectivity index (χ1) is 13.4. The Kier molecular flexibility index (Phi) is 4.43. The van der Waals surface area contributed by atoms with E-state index in [0.717, 1.165) is 16.8 Å². The zero-order valence-electron chi connectivity index (χ0n) is 16.5. The molecule has 0 aliphatic carbocycles. The Morgan fingerprint density at radius 1 is 1.11 bits per heavy atom. The van der Waals surface area contributed by atoms with E-state index in [1.54, 1.807) is 18.6 Å². The molecule has 0 saturated carbocycles. The minimum Gasteiger partial charge on any atom is -0.383 e. The molecule has 4 aromatic rings. The third-order valence-electron chi connectivity index (χ3n) is 5.25. The lowest BCUT2D eigenvalue weighted by Gasteiger charge is -2.10. The van der Waals surface area contributed by atoms with Gasteiger partial charge in [-0.05, 0) is 25.0 Å². The number of hydrogen-bond donors (Lipinski definition) is 0. The van der Waals surface area contributed by atoms with Crippen LogP contribution in [0.1, 0.15) is 16.8 Å². The number of imidazole rings is 2. The summed E-state index contributed by atoms with van der Waals surface area (Å²) in [6.45, 7) is 5.31. The van der Waals surface area contributed by atoms with E-state index in [9.17, 15) is 9.59 Å². The molecule has 8 nitrogen and oxygen atoms in total. The van der Waals surface area contributed by atoms with Crippen molar-refractivity contribution in [3.63, 3.8) is 0 Å². The number of aryl methyl sites for hydroxylation is 3. The molecule has 1 aromatic carbocycles. The van der Waals surface area contributed by atoms with Crippen LogP contribution in [-0.2, 0) is 24.9 Å². The highest BCUT2D eigenvalue weighted by molar-refractivity contribution is 5.75. The SMILES string of the molecule is COCCn1c(C)cn2c3c(=O)n(Cc4ccccc4C)c(=O)n(C)c3nc12. The van der Waals surface area contributed by atoms with Gasteiger partial charge in [0.05, 0.1) is 13.2 Å². The van der Waals surface area contributed by atoms with Crippen LogP contribution in [0.3, 0.4) is 0 Å². The van der Waals surface area contributed by atoms with E-state index in [2.05, 4.69) is 4.98 Å². The summed E-state index contributed by atoms with van der Waals surface area (Å²) >= 11 is 0. The maximum absolute atomic E-state index is 13.3. The quantitative estimate of drug-likeness (QED) is 0.525. The number of nitrogens with zero attached hydrogens (tertiary/aromatic N) is 5. The summed E-state index contributed by atoms with van der Waals surface area (Å²) in [5, 5.41) is 0. The van der Waals surface area contributed by atoms with E-state index < -0.39 is 0 Å². The molecule has 3 heterocycles. The summed E-state index contributed by atoms with van der Waals surface area (Å²) < 4.78 is 11.7. The van der Waals surface area contributed by atoms with Crippen LogP contribution in [0, 0.1) is 13.8 Å². The van der Waals surface area contributed by atoms with Gasteiger partial charge in [0.1, 0.15) is 0 Å². The van der Waals surface area contributed by atoms with Crippen LogP contribution >= 0.6 is 0 Å². The molecule has 0 amide bonds. The smallest absolute Gasteiger partial charge is 0.332 e. The van der Waals surface area contributed by atoms with Crippen LogP contribution in [0.4, 0.5) is 0 Å². The van der Waals surface area contributed by atoms with Gasteiger partial charge in [-0.25, -0.2) is 4.79 Å². The molecule has 28 heavy (non-hydrogen) atoms. The van der Waals surface area contributed by atoms with Gasteiger partial charge in [-0.2, -0.15) is 4.98 Å². The molecule has 0 saturated heterocycles. The molecule has 0 fully saturated rings. The molecule has 0 aliphatic rings. The average molecular weight is 381 g/mol. The van der Waals surface area contributed by atoms with Crippen molar-refractivity contribution in [2.45, 2.75) is 26.9 Å². The first-order valence-corrected chi connectivity index (χ1v) is 9.15. The standard InChI is InChI=1S/C20H23N5O3/c1-13-7-5-6-8-15(13)12-25-18(26)16-17(22(3)20(25)27)21-19-23(9-10-28-4)14(2)11-24(16)19/h5-8,11H,9-10,12H2,1-4H3. The van der Waals surface area contributed by atoms with Crippen LogP contribution in [-0.4, -0.2) is 36.8 Å². The molecule has 0 N–H and O–H groups in total. The molecular formula is C20H23N5O3. The van der Waals surface area contributed by atoms with Gasteiger partial charge in [0, 0.05) is 32.6 Å². The van der Waals surface area contributed by atoms with E-state index in [1.165, 1.54) is 9.13 Å². The third kappa shape index (κ3) is 2.68. The van der Waals surface area contributed by atoms with Crippen molar-refractivity contribution in [3.05, 3.63) is 68.1 Å². The molecule has 0 spiro atoms. The van der Waals surface area contributed by atoms with Gasteiger partial charge in [0.2, 0.25) is 5.78 Å². The van der Waals surface area contributed by atoms with Crippen LogP contribution in [0.15, 0.2) is 40.1 Å². The second-order valence-corrected chi connectivity index (χ2v) is 7.03. The molecule has 8 heteroatoms. The fourth-order valence-corrected chi connectivity index (χ4v) is 3.61. The summed E-state index contributed by atoms with van der Waals surface area (Å²) in [5.41, 5.74) is 3.04. The van der Waals surface area contributed by atoms with E-state index in [1.807, 2.05) is 48.9 Å². The Balaban J connectivity index is 1.98. The fraction of sp³-hybridized carbons (Fsp3) is 0.350. The second-order valence-electron chi connectivity index (χ2n) is 7.03. The Labute approximate surface area is 161 Å². The molecule has 0 bridgehead atoms. The number of fused-ring (bicyclic) bond motifs is 3. The van der Waals surface area contributed by atoms with Gasteiger partial charge >= 0.3 is 5.69 Å². The van der Waals surface area contributed by atoms with E-state index in [-0.39, 0.29) is 17.8 Å². The Morgan fingerprint density at radius 2 is 1.86 bits per heavy atom. The average Bonchev–Trinajstić information content (AvgIpc) is 3.18. The first-order valence-electron chi connectivity index (χ1n) is 9.15. The molecule has 0 aliphatic heterocycles. The number of rotatable bonds is 5. The number of ether oxygens (including phenoxy) is 1. The lowest BCUT2D eigenvalue weighted by molar-refractivity contribution is 0.187. The van der Waals surface area contributed by atoms with Crippen LogP contribution in [0.25, 0.3) is 16.9 Å². The lowest BCUT2D eigenvalue weighted by Crippen LogP contribution is -2.39. The van der Waals surface area contributed by atoms with E-state index >= 15 is 0 Å². The zero-order chi connectivity index (χ0) is 20.0. The Morgan fingerprint density at radius 3 is 2.57 bits per heavy atom. The van der Waals surface area contributed by atoms with E-state index in [0.29, 0.717) is 30.1 Å². The molecule has 3 aromatic heterocycles. The van der Waals surface area contributed by atoms with Crippen molar-refractivity contribution < 1.29 is 4.74 Å². The van der Waals surface area contributed by atoms with Crippen molar-refractivity contribution in [1.82, 2.24) is 23.1 Å². The highest BCUT2D eigenvalue weighted by Crippen LogP contribution is 2.16. The van der Waals surface area contributed by atoms with Crippen molar-refractivity contribution in [3.8, 4) is 0 Å². The lowest BCUT2D eigenvalue weighted by atomic mass is 10.1. The maximum Gasteiger partial charge on any atom is 0.332 e. The normalized spacial score (nSPS) is 11.7. The third-order valence-corrected chi connectivity index (χ3v) is 5.25. The summed E-state index contributed by atoms with van der Waals surface area (Å²) in [4.78, 5) is 30.8. The molecular weight excluding hydrogens is 358 g/mol. The predicted molar refractivity (Wildman–Crippen MR) is 107 cm³/mol. The van der Waals surface area contributed by atoms with Crippen molar-refractivity contribution in [1.29, 1.82) is 0 Å². The molecule has 0 atom stereocenters. The van der Waals surface area contributed by atoms with Crippen molar-refractivity contribution in [2.75, 3.05) is 13.7 Å². The van der Waals surface area contributed by atoms with Gasteiger partial charge in [-0.3, -0.25) is 18.3 Å². The Bertz CT molecular complexity index is 1310. The van der Waals surface area contributed by atoms with Crippen molar-refractivity contribution in [2.24, 2.45) is 7.05 Å². The zero-order valence-corrected chi connectivity index (χ0v) is 16.5. The van der Waals surface area contributed by atoms with Gasteiger partial charge in [0.15, 0.2) is 11.2 Å². The van der Waals surface area contributed by atoms with Gasteiger partial charge in [0.25, 0.3) is 5.56 Å². The summed E-state index contributed by atoms with van der Waals surface area (Å²) in [6.07, 6.45) is 1.88. The summed E-state index contributed by atoms with van der Waals surface area (Å²) in [5.74, 6) is 0.630. The number of benzene rings is 1. The Hall–Kier alpha value is -3.13. The minimum atomic E-state index is -0.373. The highest BCUT2D eigenvalue weighted by atomic mass is 16.5. The van der Waals surface area contributed by atoms with Gasteiger partial charge < -0.3 is 9.30 Å². The maximum atomic E-state index is 13.3. The molecule has 0 unspecified atom stereocenters. The van der Waals surface area contributed by atoms with Gasteiger partial charge in [-0.15, -0.1) is 0 Å². The fourth-order valence-electron chi connectivity index (χ4n) is 3.61. The number of methoxy groups -OCH3 is 1. The van der Waals surface area contributed by atoms with Crippen LogP contribution in [0.5, 0.6) is 0 Å². The van der Waals surface area contributed by atoms with Crippen LogP contribution in [0.2, 0.25) is 0 Å². The van der Waals surface area contributed by atoms with Crippen LogP contribution < -0.4 is 11.2 Å². The number of aromatic nitrogens is 5. The minimum absolute atomic E-state index is 0.227. The summed E-state index contributed by atoms with van der Waals surface area (Å²) in [6, 6.07) is 7.75. The first kappa shape index (κ1) is 18.2. The van der Waals surface area contributed by atoms with E-state index in [4.69, 9.17) is 4.74 Å². The largest absolute Gasteiger partial charge is 0.383 e. The number of hydrogen-bond acceptors (Lipinski definition) is 4. The van der Waals surface area contributed by atoms with Gasteiger partial charge in [-0.1, -0.05) is 24.3 Å². The monoisotopic (exact) mass is 381 g/mol. The molecule has 4 rings (SSSR count). The predicted octanol–water partition coefficient (Wildman–Crippen LogP) is 1.46. The second kappa shape index (κ2) is 6.79.